The van der Waals surface area contributed by atoms with Gasteiger partial charge >= 0.3 is 5.97 Å². The van der Waals surface area contributed by atoms with Crippen molar-refractivity contribution in [3.8, 4) is 5.75 Å². The van der Waals surface area contributed by atoms with Gasteiger partial charge in [-0.2, -0.15) is 0 Å². The van der Waals surface area contributed by atoms with E-state index in [0.717, 1.165) is 5.56 Å². The molecule has 14 heavy (non-hydrogen) atoms. The Hall–Kier alpha value is -1.83. The minimum Gasteiger partial charge on any atom is -0.423 e. The highest BCUT2D eigenvalue weighted by Crippen LogP contribution is 2.19. The molecule has 2 nitrogen and oxygen atoms in total. The molecule has 1 rings (SSSR count). The Labute approximate surface area is 83.5 Å². The van der Waals surface area contributed by atoms with Gasteiger partial charge in [-0.3, -0.25) is 0 Å². The molecule has 1 aromatic carbocycles. The van der Waals surface area contributed by atoms with E-state index in [1.54, 1.807) is 25.1 Å². The highest BCUT2D eigenvalue weighted by Gasteiger charge is 2.06. The molecule has 1 aromatic rings. The van der Waals surface area contributed by atoms with Gasteiger partial charge in [-0.05, 0) is 13.0 Å². The molecule has 0 radical (unpaired) electrons. The molecule has 0 aliphatic heterocycles. The van der Waals surface area contributed by atoms with Crippen molar-refractivity contribution in [2.24, 2.45) is 0 Å². The van der Waals surface area contributed by atoms with E-state index in [2.05, 4.69) is 13.2 Å². The first-order valence-corrected chi connectivity index (χ1v) is 4.24. The largest absolute Gasteiger partial charge is 0.423 e. The monoisotopic (exact) mass is 188 g/mol. The number of para-hydroxylation sites is 1. The van der Waals surface area contributed by atoms with Crippen LogP contribution in [0.4, 0.5) is 0 Å². The number of hydrogen-bond acceptors (Lipinski definition) is 2. The molecule has 0 saturated carbocycles. The molecular weight excluding hydrogens is 176 g/mol. The minimum absolute atomic E-state index is 0.379. The molecule has 0 amide bonds. The van der Waals surface area contributed by atoms with E-state index in [4.69, 9.17) is 4.74 Å². The van der Waals surface area contributed by atoms with Gasteiger partial charge in [0.15, 0.2) is 0 Å². The first-order valence-electron chi connectivity index (χ1n) is 4.24. The van der Waals surface area contributed by atoms with Crippen LogP contribution in [0.15, 0.2) is 43.0 Å². The predicted molar refractivity (Wildman–Crippen MR) is 57.0 cm³/mol. The second-order valence-corrected chi connectivity index (χ2v) is 2.91. The molecule has 0 aromatic heterocycles. The summed E-state index contributed by atoms with van der Waals surface area (Å²) in [6.45, 7) is 8.75. The van der Waals surface area contributed by atoms with E-state index >= 15 is 0 Å². The van der Waals surface area contributed by atoms with Crippen molar-refractivity contribution in [1.82, 2.24) is 0 Å². The van der Waals surface area contributed by atoms with Gasteiger partial charge in [0.25, 0.3) is 0 Å². The van der Waals surface area contributed by atoms with E-state index in [0.29, 0.717) is 11.3 Å². The fraction of sp³-hybridized carbons (Fsp3) is 0.0833. The van der Waals surface area contributed by atoms with Crippen molar-refractivity contribution >= 4 is 12.0 Å². The van der Waals surface area contributed by atoms with Crippen LogP contribution in [0.1, 0.15) is 12.5 Å². The molecule has 0 bridgehead atoms. The van der Waals surface area contributed by atoms with Crippen LogP contribution in [0, 0.1) is 0 Å². The molecule has 0 aliphatic rings. The summed E-state index contributed by atoms with van der Waals surface area (Å²) >= 11 is 0. The third-order valence-electron chi connectivity index (χ3n) is 1.69. The Morgan fingerprint density at radius 2 is 2.07 bits per heavy atom. The molecule has 0 aliphatic carbocycles. The maximum Gasteiger partial charge on any atom is 0.338 e. The molecule has 72 valence electrons. The van der Waals surface area contributed by atoms with Crippen molar-refractivity contribution in [2.75, 3.05) is 0 Å². The van der Waals surface area contributed by atoms with Crippen molar-refractivity contribution in [1.29, 1.82) is 0 Å². The third-order valence-corrected chi connectivity index (χ3v) is 1.69. The summed E-state index contributed by atoms with van der Waals surface area (Å²) in [6.07, 6.45) is 1.64. The highest BCUT2D eigenvalue weighted by molar-refractivity contribution is 5.89. The standard InChI is InChI=1S/C12H12O2/c1-4-10-7-5-6-8-11(10)14-12(13)9(2)3/h4-8H,1-2H2,3H3. The summed E-state index contributed by atoms with van der Waals surface area (Å²) in [5.41, 5.74) is 1.17. The summed E-state index contributed by atoms with van der Waals surface area (Å²) in [4.78, 5) is 11.2. The molecule has 0 fully saturated rings. The smallest absolute Gasteiger partial charge is 0.338 e. The molecule has 0 spiro atoms. The van der Waals surface area contributed by atoms with Gasteiger partial charge in [0.05, 0.1) is 0 Å². The molecule has 0 unspecified atom stereocenters. The minimum atomic E-state index is -0.417. The molecule has 2 heteroatoms. The zero-order valence-electron chi connectivity index (χ0n) is 8.12. The van der Waals surface area contributed by atoms with Crippen molar-refractivity contribution < 1.29 is 9.53 Å². The molecule has 0 N–H and O–H groups in total. The lowest BCUT2D eigenvalue weighted by atomic mass is 10.2. The van der Waals surface area contributed by atoms with Gasteiger partial charge < -0.3 is 4.74 Å². The van der Waals surface area contributed by atoms with Gasteiger partial charge in [-0.25, -0.2) is 4.79 Å². The topological polar surface area (TPSA) is 26.3 Å². The van der Waals surface area contributed by atoms with E-state index in [1.807, 2.05) is 12.1 Å². The van der Waals surface area contributed by atoms with Crippen LogP contribution >= 0.6 is 0 Å². The van der Waals surface area contributed by atoms with Gasteiger partial charge in [-0.15, -0.1) is 0 Å². The lowest BCUT2D eigenvalue weighted by molar-refractivity contribution is -0.130. The summed E-state index contributed by atoms with van der Waals surface area (Å²) in [5, 5.41) is 0. The summed E-state index contributed by atoms with van der Waals surface area (Å²) in [7, 11) is 0. The van der Waals surface area contributed by atoms with Crippen molar-refractivity contribution in [3.63, 3.8) is 0 Å². The van der Waals surface area contributed by atoms with Crippen LogP contribution in [-0.4, -0.2) is 5.97 Å². The number of hydrogen-bond donors (Lipinski definition) is 0. The van der Waals surface area contributed by atoms with Crippen LogP contribution in [-0.2, 0) is 4.79 Å². The maximum absolute atomic E-state index is 11.2. The van der Waals surface area contributed by atoms with E-state index < -0.39 is 5.97 Å². The lowest BCUT2D eigenvalue weighted by Gasteiger charge is -2.06. The van der Waals surface area contributed by atoms with Gasteiger partial charge in [0.2, 0.25) is 0 Å². The van der Waals surface area contributed by atoms with Crippen LogP contribution in [0.3, 0.4) is 0 Å². The van der Waals surface area contributed by atoms with Crippen molar-refractivity contribution in [2.45, 2.75) is 6.92 Å². The molecule has 0 atom stereocenters. The second kappa shape index (κ2) is 4.42. The Morgan fingerprint density at radius 1 is 1.43 bits per heavy atom. The normalized spacial score (nSPS) is 9.21. The number of rotatable bonds is 3. The van der Waals surface area contributed by atoms with Crippen molar-refractivity contribution in [3.05, 3.63) is 48.6 Å². The summed E-state index contributed by atoms with van der Waals surface area (Å²) in [5.74, 6) is 0.0924. The number of carbonyl (C=O) groups is 1. The Morgan fingerprint density at radius 3 is 2.64 bits per heavy atom. The average molecular weight is 188 g/mol. The van der Waals surface area contributed by atoms with Gasteiger partial charge in [-0.1, -0.05) is 37.4 Å². The van der Waals surface area contributed by atoms with E-state index in [1.165, 1.54) is 0 Å². The number of esters is 1. The fourth-order valence-corrected chi connectivity index (χ4v) is 0.929. The highest BCUT2D eigenvalue weighted by atomic mass is 16.5. The third kappa shape index (κ3) is 2.33. The van der Waals surface area contributed by atoms with Crippen LogP contribution < -0.4 is 4.74 Å². The van der Waals surface area contributed by atoms with E-state index in [9.17, 15) is 4.79 Å². The number of ether oxygens (including phenoxy) is 1. The van der Waals surface area contributed by atoms with Gasteiger partial charge in [0, 0.05) is 11.1 Å². The first kappa shape index (κ1) is 10.3. The number of benzene rings is 1. The summed E-state index contributed by atoms with van der Waals surface area (Å²) < 4.78 is 5.09. The first-order chi connectivity index (χ1) is 6.65. The van der Waals surface area contributed by atoms with Crippen LogP contribution in [0.5, 0.6) is 5.75 Å². The fourth-order valence-electron chi connectivity index (χ4n) is 0.929. The quantitative estimate of drug-likeness (QED) is 0.414. The summed E-state index contributed by atoms with van der Waals surface area (Å²) in [6, 6.07) is 7.20. The SMILES string of the molecule is C=Cc1ccccc1OC(=O)C(=C)C. The van der Waals surface area contributed by atoms with Crippen LogP contribution in [0.25, 0.3) is 6.08 Å². The molecule has 0 heterocycles. The Kier molecular flexibility index (Phi) is 3.24. The molecular formula is C12H12O2. The zero-order chi connectivity index (χ0) is 10.6. The average Bonchev–Trinajstić information content (AvgIpc) is 2.18. The lowest BCUT2D eigenvalue weighted by Crippen LogP contribution is -2.08. The van der Waals surface area contributed by atoms with E-state index in [-0.39, 0.29) is 0 Å². The second-order valence-electron chi connectivity index (χ2n) is 2.91. The predicted octanol–water partition coefficient (Wildman–Crippen LogP) is 2.81. The zero-order valence-corrected chi connectivity index (χ0v) is 8.12. The maximum atomic E-state index is 11.2. The van der Waals surface area contributed by atoms with Gasteiger partial charge in [0.1, 0.15) is 5.75 Å². The Bertz CT molecular complexity index is 378. The Balaban J connectivity index is 2.91. The van der Waals surface area contributed by atoms with Crippen LogP contribution in [0.2, 0.25) is 0 Å². The molecule has 0 saturated heterocycles. The number of carbonyl (C=O) groups excluding carboxylic acids is 1.